The SMILES string of the molecule is CC1CCC(N2C(=O)C3(CCCCC3)NC(=O)C2C)C1C. The van der Waals surface area contributed by atoms with Crippen LogP contribution in [0, 0.1) is 11.8 Å². The Morgan fingerprint density at radius 1 is 1.05 bits per heavy atom. The lowest BCUT2D eigenvalue weighted by Crippen LogP contribution is -2.72. The highest BCUT2D eigenvalue weighted by atomic mass is 16.2. The Kier molecular flexibility index (Phi) is 3.74. The van der Waals surface area contributed by atoms with Gasteiger partial charge >= 0.3 is 0 Å². The van der Waals surface area contributed by atoms with Crippen LogP contribution in [0.1, 0.15) is 65.7 Å². The highest BCUT2D eigenvalue weighted by Crippen LogP contribution is 2.40. The minimum Gasteiger partial charge on any atom is -0.340 e. The van der Waals surface area contributed by atoms with Crippen molar-refractivity contribution >= 4 is 11.8 Å². The molecular formula is C17H28N2O2. The first-order valence-electron chi connectivity index (χ1n) is 8.61. The predicted octanol–water partition coefficient (Wildman–Crippen LogP) is 2.47. The van der Waals surface area contributed by atoms with Gasteiger partial charge in [-0.25, -0.2) is 0 Å². The number of piperazine rings is 1. The fraction of sp³-hybridized carbons (Fsp3) is 0.882. The summed E-state index contributed by atoms with van der Waals surface area (Å²) in [5.74, 6) is 1.37. The molecule has 3 fully saturated rings. The van der Waals surface area contributed by atoms with Crippen LogP contribution in [0.15, 0.2) is 0 Å². The van der Waals surface area contributed by atoms with Gasteiger partial charge in [0.25, 0.3) is 0 Å². The number of amides is 2. The largest absolute Gasteiger partial charge is 0.340 e. The van der Waals surface area contributed by atoms with E-state index in [4.69, 9.17) is 0 Å². The van der Waals surface area contributed by atoms with Gasteiger partial charge in [-0.1, -0.05) is 33.1 Å². The van der Waals surface area contributed by atoms with E-state index in [-0.39, 0.29) is 23.9 Å². The summed E-state index contributed by atoms with van der Waals surface area (Å²) in [7, 11) is 0. The fourth-order valence-corrected chi connectivity index (χ4v) is 4.61. The van der Waals surface area contributed by atoms with E-state index in [9.17, 15) is 9.59 Å². The summed E-state index contributed by atoms with van der Waals surface area (Å²) in [5, 5.41) is 3.08. The highest BCUT2D eigenvalue weighted by molar-refractivity contribution is 6.00. The average molecular weight is 292 g/mol. The van der Waals surface area contributed by atoms with Gasteiger partial charge in [0.05, 0.1) is 0 Å². The molecule has 1 N–H and O–H groups in total. The second kappa shape index (κ2) is 5.29. The Hall–Kier alpha value is -1.06. The standard InChI is InChI=1S/C17H28N2O2/c1-11-7-8-14(12(11)2)19-13(3)15(20)18-17(16(19)21)9-5-4-6-10-17/h11-14H,4-10H2,1-3H3,(H,18,20). The molecule has 0 bridgehead atoms. The third kappa shape index (κ3) is 2.27. The Labute approximate surface area is 127 Å². The maximum atomic E-state index is 13.2. The zero-order valence-electron chi connectivity index (χ0n) is 13.5. The van der Waals surface area contributed by atoms with Crippen molar-refractivity contribution in [2.24, 2.45) is 11.8 Å². The number of carbonyl (C=O) groups is 2. The first-order valence-corrected chi connectivity index (χ1v) is 8.61. The highest BCUT2D eigenvalue weighted by Gasteiger charge is 2.53. The van der Waals surface area contributed by atoms with E-state index in [1.807, 2.05) is 11.8 Å². The average Bonchev–Trinajstić information content (AvgIpc) is 2.79. The molecule has 1 spiro atoms. The number of hydrogen-bond acceptors (Lipinski definition) is 2. The van der Waals surface area contributed by atoms with Gasteiger partial charge in [0, 0.05) is 6.04 Å². The number of nitrogens with zero attached hydrogens (tertiary/aromatic N) is 1. The molecule has 4 unspecified atom stereocenters. The Morgan fingerprint density at radius 2 is 1.71 bits per heavy atom. The van der Waals surface area contributed by atoms with E-state index in [0.29, 0.717) is 11.8 Å². The van der Waals surface area contributed by atoms with Crippen LogP contribution in [0.3, 0.4) is 0 Å². The molecule has 0 radical (unpaired) electrons. The van der Waals surface area contributed by atoms with E-state index >= 15 is 0 Å². The third-order valence-electron chi connectivity index (χ3n) is 6.29. The van der Waals surface area contributed by atoms with Gasteiger partial charge in [-0.05, 0) is 44.4 Å². The lowest BCUT2D eigenvalue weighted by Gasteiger charge is -2.49. The molecular weight excluding hydrogens is 264 g/mol. The first-order chi connectivity index (χ1) is 9.96. The molecule has 3 aliphatic rings. The third-order valence-corrected chi connectivity index (χ3v) is 6.29. The van der Waals surface area contributed by atoms with Crippen molar-refractivity contribution in [3.05, 3.63) is 0 Å². The molecule has 21 heavy (non-hydrogen) atoms. The Bertz CT molecular complexity index is 442. The van der Waals surface area contributed by atoms with Crippen LogP contribution in [0.25, 0.3) is 0 Å². The lowest BCUT2D eigenvalue weighted by molar-refractivity contribution is -0.159. The van der Waals surface area contributed by atoms with Crippen molar-refractivity contribution in [2.75, 3.05) is 0 Å². The molecule has 1 heterocycles. The maximum absolute atomic E-state index is 13.2. The van der Waals surface area contributed by atoms with Gasteiger partial charge in [-0.2, -0.15) is 0 Å². The Balaban J connectivity index is 1.90. The Morgan fingerprint density at radius 3 is 2.29 bits per heavy atom. The molecule has 3 rings (SSSR count). The summed E-state index contributed by atoms with van der Waals surface area (Å²) in [6.45, 7) is 6.39. The second-order valence-electron chi connectivity index (χ2n) is 7.50. The summed E-state index contributed by atoms with van der Waals surface area (Å²) in [4.78, 5) is 27.6. The quantitative estimate of drug-likeness (QED) is 0.807. The summed E-state index contributed by atoms with van der Waals surface area (Å²) < 4.78 is 0. The van der Waals surface area contributed by atoms with Gasteiger partial charge in [0.2, 0.25) is 11.8 Å². The fourth-order valence-electron chi connectivity index (χ4n) is 4.61. The minimum atomic E-state index is -0.590. The normalized spacial score (nSPS) is 39.7. The number of rotatable bonds is 1. The van der Waals surface area contributed by atoms with Crippen molar-refractivity contribution in [1.29, 1.82) is 0 Å². The van der Waals surface area contributed by atoms with Crippen molar-refractivity contribution in [3.8, 4) is 0 Å². The van der Waals surface area contributed by atoms with E-state index < -0.39 is 5.54 Å². The van der Waals surface area contributed by atoms with E-state index in [1.165, 1.54) is 6.42 Å². The molecule has 0 aromatic rings. The molecule has 4 nitrogen and oxygen atoms in total. The van der Waals surface area contributed by atoms with Crippen LogP contribution in [0.2, 0.25) is 0 Å². The van der Waals surface area contributed by atoms with E-state index in [1.54, 1.807) is 0 Å². The van der Waals surface area contributed by atoms with E-state index in [2.05, 4.69) is 19.2 Å². The molecule has 1 aliphatic heterocycles. The van der Waals surface area contributed by atoms with Crippen LogP contribution in [-0.2, 0) is 9.59 Å². The number of nitrogens with one attached hydrogen (secondary N) is 1. The summed E-state index contributed by atoms with van der Waals surface area (Å²) in [5.41, 5.74) is -0.590. The zero-order valence-corrected chi connectivity index (χ0v) is 13.5. The summed E-state index contributed by atoms with van der Waals surface area (Å²) in [6.07, 6.45) is 7.11. The summed E-state index contributed by atoms with van der Waals surface area (Å²) in [6, 6.07) is -0.0739. The molecule has 0 aromatic heterocycles. The number of hydrogen-bond donors (Lipinski definition) is 1. The first kappa shape index (κ1) is 14.9. The topological polar surface area (TPSA) is 49.4 Å². The molecule has 2 saturated carbocycles. The lowest BCUT2D eigenvalue weighted by atomic mass is 9.77. The molecule has 118 valence electrons. The van der Waals surface area contributed by atoms with Crippen molar-refractivity contribution < 1.29 is 9.59 Å². The van der Waals surface area contributed by atoms with Crippen molar-refractivity contribution in [1.82, 2.24) is 10.2 Å². The van der Waals surface area contributed by atoms with E-state index in [0.717, 1.165) is 38.5 Å². The van der Waals surface area contributed by atoms with Crippen molar-refractivity contribution in [3.63, 3.8) is 0 Å². The zero-order chi connectivity index (χ0) is 15.2. The molecule has 2 amide bonds. The van der Waals surface area contributed by atoms with Gasteiger partial charge in [0.15, 0.2) is 0 Å². The summed E-state index contributed by atoms with van der Waals surface area (Å²) >= 11 is 0. The smallest absolute Gasteiger partial charge is 0.249 e. The molecule has 2 aliphatic carbocycles. The molecule has 0 aromatic carbocycles. The molecule has 4 heteroatoms. The molecule has 1 saturated heterocycles. The predicted molar refractivity (Wildman–Crippen MR) is 81.6 cm³/mol. The minimum absolute atomic E-state index is 0.0447. The van der Waals surface area contributed by atoms with Crippen LogP contribution in [0.5, 0.6) is 0 Å². The monoisotopic (exact) mass is 292 g/mol. The van der Waals surface area contributed by atoms with Gasteiger partial charge in [0.1, 0.15) is 11.6 Å². The maximum Gasteiger partial charge on any atom is 0.249 e. The van der Waals surface area contributed by atoms with Crippen LogP contribution in [0.4, 0.5) is 0 Å². The number of carbonyl (C=O) groups excluding carboxylic acids is 2. The van der Waals surface area contributed by atoms with Gasteiger partial charge < -0.3 is 10.2 Å². The molecule has 4 atom stereocenters. The van der Waals surface area contributed by atoms with Gasteiger partial charge in [-0.3, -0.25) is 9.59 Å². The van der Waals surface area contributed by atoms with Crippen LogP contribution >= 0.6 is 0 Å². The van der Waals surface area contributed by atoms with Crippen molar-refractivity contribution in [2.45, 2.75) is 83.3 Å². The van der Waals surface area contributed by atoms with Crippen LogP contribution < -0.4 is 5.32 Å². The second-order valence-corrected chi connectivity index (χ2v) is 7.50. The van der Waals surface area contributed by atoms with Gasteiger partial charge in [-0.15, -0.1) is 0 Å². The van der Waals surface area contributed by atoms with Crippen LogP contribution in [-0.4, -0.2) is 34.3 Å².